The number of sulfonamides is 1. The van der Waals surface area contributed by atoms with Crippen LogP contribution in [-0.2, 0) is 27.4 Å². The molecule has 7 nitrogen and oxygen atoms in total. The summed E-state index contributed by atoms with van der Waals surface area (Å²) in [6.07, 6.45) is -3.41. The van der Waals surface area contributed by atoms with Crippen molar-refractivity contribution in [3.05, 3.63) is 82.4 Å². The zero-order valence-electron chi connectivity index (χ0n) is 19.1. The molecule has 1 atom stereocenters. The van der Waals surface area contributed by atoms with Crippen LogP contribution in [0.1, 0.15) is 35.6 Å². The number of benzene rings is 3. The second-order valence-corrected chi connectivity index (χ2v) is 10.4. The highest BCUT2D eigenvalue weighted by atomic mass is 35.5. The summed E-state index contributed by atoms with van der Waals surface area (Å²) in [5.74, 6) is -1.44. The van der Waals surface area contributed by atoms with E-state index >= 15 is 0 Å². The van der Waals surface area contributed by atoms with Crippen molar-refractivity contribution in [3.63, 3.8) is 0 Å². The van der Waals surface area contributed by atoms with Crippen LogP contribution in [-0.4, -0.2) is 26.1 Å². The first-order chi connectivity index (χ1) is 17.5. The molecule has 196 valence electrons. The first kappa shape index (κ1) is 26.8. The number of alkyl halides is 3. The molecule has 0 bridgehead atoms. The summed E-state index contributed by atoms with van der Waals surface area (Å²) in [6, 6.07) is 12.6. The average molecular weight is 556 g/mol. The molecule has 0 saturated heterocycles. The molecular formula is C25H21ClF3NO6S. The Hall–Kier alpha value is -3.28. The van der Waals surface area contributed by atoms with Crippen LogP contribution in [0.2, 0.25) is 5.02 Å². The summed E-state index contributed by atoms with van der Waals surface area (Å²) in [5, 5.41) is 8.99. The molecular weight excluding hydrogens is 535 g/mol. The molecule has 0 heterocycles. The number of rotatable bonds is 8. The van der Waals surface area contributed by atoms with Gasteiger partial charge in [0, 0.05) is 6.04 Å². The predicted molar refractivity (Wildman–Crippen MR) is 129 cm³/mol. The van der Waals surface area contributed by atoms with Crippen LogP contribution in [0, 0.1) is 0 Å². The van der Waals surface area contributed by atoms with E-state index in [9.17, 15) is 26.4 Å². The molecule has 0 amide bonds. The van der Waals surface area contributed by atoms with Gasteiger partial charge in [0.1, 0.15) is 17.2 Å². The number of ether oxygens (including phenoxy) is 2. The molecule has 2 N–H and O–H groups in total. The SMILES string of the molecule is O=C(O)COc1cccc2c1CCCC2NS(=O)(=O)c1ccc(Oc2ccccc2Cl)c(C(F)(F)F)c1. The Kier molecular flexibility index (Phi) is 7.67. The number of nitrogens with one attached hydrogen (secondary N) is 1. The van der Waals surface area contributed by atoms with Crippen LogP contribution >= 0.6 is 11.6 Å². The zero-order chi connectivity index (χ0) is 26.8. The van der Waals surface area contributed by atoms with Gasteiger partial charge in [-0.2, -0.15) is 13.2 Å². The molecule has 0 radical (unpaired) electrons. The topological polar surface area (TPSA) is 102 Å². The fraction of sp³-hybridized carbons (Fsp3) is 0.240. The van der Waals surface area contributed by atoms with Gasteiger partial charge < -0.3 is 14.6 Å². The standard InChI is InChI=1S/C25H21ClF3NO6S/c26-19-7-1-2-9-23(19)36-22-12-11-15(13-18(22)25(27,28)29)37(33,34)30-20-8-3-6-17-16(20)5-4-10-21(17)35-14-24(31)32/h1-2,4-5,7,9-13,20,30H,3,6,8,14H2,(H,31,32). The van der Waals surface area contributed by atoms with Crippen molar-refractivity contribution < 1.29 is 41.0 Å². The Morgan fingerprint density at radius 2 is 1.78 bits per heavy atom. The monoisotopic (exact) mass is 555 g/mol. The molecule has 3 aromatic rings. The first-order valence-electron chi connectivity index (χ1n) is 11.1. The van der Waals surface area contributed by atoms with E-state index < -0.39 is 51.0 Å². The normalized spacial score (nSPS) is 15.6. The Balaban J connectivity index is 1.64. The fourth-order valence-corrected chi connectivity index (χ4v) is 5.55. The largest absolute Gasteiger partial charge is 0.482 e. The number of hydrogen-bond donors (Lipinski definition) is 2. The van der Waals surface area contributed by atoms with E-state index in [1.165, 1.54) is 18.2 Å². The van der Waals surface area contributed by atoms with Crippen LogP contribution in [0.4, 0.5) is 13.2 Å². The molecule has 1 aliphatic carbocycles. The van der Waals surface area contributed by atoms with Gasteiger partial charge in [0.15, 0.2) is 6.61 Å². The predicted octanol–water partition coefficient (Wildman–Crippen LogP) is 5.97. The van der Waals surface area contributed by atoms with E-state index in [0.29, 0.717) is 42.2 Å². The van der Waals surface area contributed by atoms with E-state index in [0.717, 1.165) is 12.1 Å². The van der Waals surface area contributed by atoms with Crippen molar-refractivity contribution in [1.82, 2.24) is 4.72 Å². The van der Waals surface area contributed by atoms with Crippen molar-refractivity contribution in [2.24, 2.45) is 0 Å². The molecule has 0 fully saturated rings. The van der Waals surface area contributed by atoms with Gasteiger partial charge in [-0.1, -0.05) is 35.9 Å². The van der Waals surface area contributed by atoms with Gasteiger partial charge >= 0.3 is 12.1 Å². The van der Waals surface area contributed by atoms with E-state index in [2.05, 4.69) is 4.72 Å². The van der Waals surface area contributed by atoms with Crippen molar-refractivity contribution in [3.8, 4) is 17.2 Å². The van der Waals surface area contributed by atoms with Crippen LogP contribution in [0.15, 0.2) is 65.6 Å². The third-order valence-corrected chi connectivity index (χ3v) is 7.52. The maximum atomic E-state index is 13.9. The molecule has 0 aliphatic heterocycles. The van der Waals surface area contributed by atoms with Crippen molar-refractivity contribution >= 4 is 27.6 Å². The number of carbonyl (C=O) groups is 1. The summed E-state index contributed by atoms with van der Waals surface area (Å²) in [5.41, 5.74) is -0.0432. The van der Waals surface area contributed by atoms with Gasteiger partial charge in [-0.25, -0.2) is 17.9 Å². The lowest BCUT2D eigenvalue weighted by Crippen LogP contribution is -2.31. The summed E-state index contributed by atoms with van der Waals surface area (Å²) in [7, 11) is -4.39. The summed E-state index contributed by atoms with van der Waals surface area (Å²) >= 11 is 5.99. The van der Waals surface area contributed by atoms with E-state index in [-0.39, 0.29) is 10.8 Å². The molecule has 4 rings (SSSR count). The number of fused-ring (bicyclic) bond motifs is 1. The summed E-state index contributed by atoms with van der Waals surface area (Å²) < 4.78 is 81.1. The number of hydrogen-bond acceptors (Lipinski definition) is 5. The minimum atomic E-state index is -4.91. The Morgan fingerprint density at radius 3 is 2.49 bits per heavy atom. The maximum Gasteiger partial charge on any atom is 0.420 e. The molecule has 1 aliphatic rings. The number of carboxylic acids is 1. The second kappa shape index (κ2) is 10.6. The molecule has 0 spiro atoms. The van der Waals surface area contributed by atoms with Gasteiger partial charge in [-0.05, 0) is 66.8 Å². The van der Waals surface area contributed by atoms with Crippen molar-refractivity contribution in [1.29, 1.82) is 0 Å². The Morgan fingerprint density at radius 1 is 1.05 bits per heavy atom. The van der Waals surface area contributed by atoms with Crippen LogP contribution in [0.25, 0.3) is 0 Å². The first-order valence-corrected chi connectivity index (χ1v) is 12.9. The fourth-order valence-electron chi connectivity index (χ4n) is 4.10. The van der Waals surface area contributed by atoms with Gasteiger partial charge in [-0.3, -0.25) is 0 Å². The number of halogens is 4. The van der Waals surface area contributed by atoms with Crippen molar-refractivity contribution in [2.75, 3.05) is 6.61 Å². The van der Waals surface area contributed by atoms with E-state index in [1.54, 1.807) is 24.3 Å². The zero-order valence-corrected chi connectivity index (χ0v) is 20.7. The summed E-state index contributed by atoms with van der Waals surface area (Å²) in [6.45, 7) is -0.560. The third-order valence-electron chi connectivity index (χ3n) is 5.74. The number of carboxylic acid groups (broad SMARTS) is 1. The Bertz CT molecular complexity index is 1430. The lowest BCUT2D eigenvalue weighted by molar-refractivity contribution is -0.140. The quantitative estimate of drug-likeness (QED) is 0.355. The lowest BCUT2D eigenvalue weighted by Gasteiger charge is -2.28. The van der Waals surface area contributed by atoms with E-state index in [1.807, 2.05) is 0 Å². The second-order valence-electron chi connectivity index (χ2n) is 8.26. The molecule has 3 aromatic carbocycles. The molecule has 37 heavy (non-hydrogen) atoms. The van der Waals surface area contributed by atoms with Gasteiger partial charge in [0.05, 0.1) is 15.5 Å². The minimum absolute atomic E-state index is 0.0110. The third kappa shape index (κ3) is 6.17. The smallest absolute Gasteiger partial charge is 0.420 e. The average Bonchev–Trinajstić information content (AvgIpc) is 2.83. The Labute approximate surface area is 215 Å². The highest BCUT2D eigenvalue weighted by molar-refractivity contribution is 7.89. The molecule has 1 unspecified atom stereocenters. The molecule has 12 heteroatoms. The van der Waals surface area contributed by atoms with Crippen LogP contribution in [0.3, 0.4) is 0 Å². The number of para-hydroxylation sites is 1. The maximum absolute atomic E-state index is 13.9. The van der Waals surface area contributed by atoms with Gasteiger partial charge in [-0.15, -0.1) is 0 Å². The van der Waals surface area contributed by atoms with Crippen LogP contribution in [0.5, 0.6) is 17.2 Å². The van der Waals surface area contributed by atoms with E-state index in [4.69, 9.17) is 26.2 Å². The van der Waals surface area contributed by atoms with Crippen LogP contribution < -0.4 is 14.2 Å². The highest BCUT2D eigenvalue weighted by Crippen LogP contribution is 2.41. The lowest BCUT2D eigenvalue weighted by atomic mass is 9.87. The van der Waals surface area contributed by atoms with Gasteiger partial charge in [0.2, 0.25) is 10.0 Å². The van der Waals surface area contributed by atoms with Crippen molar-refractivity contribution in [2.45, 2.75) is 36.4 Å². The van der Waals surface area contributed by atoms with Gasteiger partial charge in [0.25, 0.3) is 0 Å². The minimum Gasteiger partial charge on any atom is -0.482 e. The summed E-state index contributed by atoms with van der Waals surface area (Å²) in [4.78, 5) is 10.3. The highest BCUT2D eigenvalue weighted by Gasteiger charge is 2.37. The molecule has 0 saturated carbocycles. The number of aliphatic carboxylic acids is 1. The molecule has 0 aromatic heterocycles.